The number of nitrogens with one attached hydrogen (secondary N) is 2. The first-order chi connectivity index (χ1) is 12.0. The molecule has 25 heavy (non-hydrogen) atoms. The molecule has 0 aliphatic heterocycles. The van der Waals surface area contributed by atoms with Gasteiger partial charge in [-0.05, 0) is 43.7 Å². The maximum Gasteiger partial charge on any atom is 0.323 e. The number of anilines is 2. The number of aryl methyl sites for hydroxylation is 1. The maximum atomic E-state index is 13.5. The number of hydrogen-bond donors (Lipinski definition) is 2. The molecule has 0 radical (unpaired) electrons. The standard InChI is InChI=1S/C19H19FN4O/c1-13(24-12-11-21-14(24)2)15-7-9-16(10-8-15)22-19(25)23-18-6-4-3-5-17(18)20/h3-13H,1-2H3,(H2,22,23,25)/t13-/m1/s1. The predicted octanol–water partition coefficient (Wildman–Crippen LogP) is 4.58. The molecule has 0 bridgehead atoms. The Balaban J connectivity index is 1.65. The second kappa shape index (κ2) is 7.17. The molecule has 3 aromatic rings. The zero-order valence-electron chi connectivity index (χ0n) is 14.0. The highest BCUT2D eigenvalue weighted by Gasteiger charge is 2.10. The van der Waals surface area contributed by atoms with Crippen LogP contribution in [-0.2, 0) is 0 Å². The van der Waals surface area contributed by atoms with Crippen LogP contribution in [0.4, 0.5) is 20.6 Å². The minimum Gasteiger partial charge on any atom is -0.328 e. The van der Waals surface area contributed by atoms with Crippen molar-refractivity contribution in [1.82, 2.24) is 9.55 Å². The molecule has 0 aliphatic carbocycles. The Labute approximate surface area is 145 Å². The average Bonchev–Trinajstić information content (AvgIpc) is 3.03. The molecule has 0 saturated heterocycles. The van der Waals surface area contributed by atoms with Crippen molar-refractivity contribution in [1.29, 1.82) is 0 Å². The van der Waals surface area contributed by atoms with Crippen molar-refractivity contribution in [2.24, 2.45) is 0 Å². The van der Waals surface area contributed by atoms with Crippen molar-refractivity contribution >= 4 is 17.4 Å². The van der Waals surface area contributed by atoms with Crippen LogP contribution in [-0.4, -0.2) is 15.6 Å². The summed E-state index contributed by atoms with van der Waals surface area (Å²) in [4.78, 5) is 16.2. The van der Waals surface area contributed by atoms with E-state index in [1.165, 1.54) is 12.1 Å². The van der Waals surface area contributed by atoms with Gasteiger partial charge in [0.05, 0.1) is 11.7 Å². The molecule has 1 aromatic heterocycles. The smallest absolute Gasteiger partial charge is 0.323 e. The molecular weight excluding hydrogens is 319 g/mol. The van der Waals surface area contributed by atoms with E-state index in [0.717, 1.165) is 11.4 Å². The van der Waals surface area contributed by atoms with Gasteiger partial charge in [-0.2, -0.15) is 0 Å². The summed E-state index contributed by atoms with van der Waals surface area (Å²) in [6.45, 7) is 4.04. The number of amides is 2. The quantitative estimate of drug-likeness (QED) is 0.731. The van der Waals surface area contributed by atoms with Gasteiger partial charge in [-0.1, -0.05) is 24.3 Å². The summed E-state index contributed by atoms with van der Waals surface area (Å²) < 4.78 is 15.6. The molecule has 0 unspecified atom stereocenters. The number of imidazole rings is 1. The zero-order valence-corrected chi connectivity index (χ0v) is 14.0. The molecule has 128 valence electrons. The fourth-order valence-electron chi connectivity index (χ4n) is 2.65. The molecule has 0 spiro atoms. The van der Waals surface area contributed by atoms with E-state index in [2.05, 4.69) is 27.1 Å². The van der Waals surface area contributed by atoms with E-state index in [0.29, 0.717) is 5.69 Å². The molecule has 0 saturated carbocycles. The largest absolute Gasteiger partial charge is 0.328 e. The van der Waals surface area contributed by atoms with E-state index in [4.69, 9.17) is 0 Å². The van der Waals surface area contributed by atoms with E-state index in [1.807, 2.05) is 37.4 Å². The topological polar surface area (TPSA) is 59.0 Å². The average molecular weight is 338 g/mol. The van der Waals surface area contributed by atoms with Crippen molar-refractivity contribution < 1.29 is 9.18 Å². The van der Waals surface area contributed by atoms with E-state index in [9.17, 15) is 9.18 Å². The lowest BCUT2D eigenvalue weighted by Gasteiger charge is -2.16. The molecule has 0 fully saturated rings. The molecular formula is C19H19FN4O. The number of rotatable bonds is 4. The SMILES string of the molecule is Cc1nccn1[C@H](C)c1ccc(NC(=O)Nc2ccccc2F)cc1. The van der Waals surface area contributed by atoms with Gasteiger partial charge in [0.2, 0.25) is 0 Å². The number of benzene rings is 2. The van der Waals surface area contributed by atoms with Gasteiger partial charge in [-0.25, -0.2) is 14.2 Å². The van der Waals surface area contributed by atoms with E-state index in [1.54, 1.807) is 18.3 Å². The van der Waals surface area contributed by atoms with Crippen molar-refractivity contribution in [3.8, 4) is 0 Å². The fraction of sp³-hybridized carbons (Fsp3) is 0.158. The molecule has 2 aromatic carbocycles. The Bertz CT molecular complexity index is 873. The third-order valence-electron chi connectivity index (χ3n) is 4.05. The predicted molar refractivity (Wildman–Crippen MR) is 96.3 cm³/mol. The third kappa shape index (κ3) is 3.85. The minimum absolute atomic E-state index is 0.140. The zero-order chi connectivity index (χ0) is 17.8. The van der Waals surface area contributed by atoms with Crippen LogP contribution in [0.2, 0.25) is 0 Å². The molecule has 5 nitrogen and oxygen atoms in total. The maximum absolute atomic E-state index is 13.5. The van der Waals surface area contributed by atoms with Gasteiger partial charge in [0.1, 0.15) is 11.6 Å². The Kier molecular flexibility index (Phi) is 4.79. The minimum atomic E-state index is -0.489. The number of para-hydroxylation sites is 1. The highest BCUT2D eigenvalue weighted by molar-refractivity contribution is 5.99. The number of hydrogen-bond acceptors (Lipinski definition) is 2. The summed E-state index contributed by atoms with van der Waals surface area (Å²) in [5.74, 6) is 0.469. The van der Waals surface area contributed by atoms with Gasteiger partial charge >= 0.3 is 6.03 Å². The number of carbonyl (C=O) groups is 1. The lowest BCUT2D eigenvalue weighted by Crippen LogP contribution is -2.20. The van der Waals surface area contributed by atoms with E-state index in [-0.39, 0.29) is 11.7 Å². The summed E-state index contributed by atoms with van der Waals surface area (Å²) >= 11 is 0. The Morgan fingerprint density at radius 3 is 2.48 bits per heavy atom. The number of nitrogens with zero attached hydrogens (tertiary/aromatic N) is 2. The normalized spacial score (nSPS) is 11.8. The van der Waals surface area contributed by atoms with Gasteiger partial charge in [0.25, 0.3) is 0 Å². The molecule has 2 amide bonds. The molecule has 1 atom stereocenters. The number of carbonyl (C=O) groups excluding carboxylic acids is 1. The van der Waals surface area contributed by atoms with Crippen LogP contribution >= 0.6 is 0 Å². The summed E-state index contributed by atoms with van der Waals surface area (Å²) in [5, 5.41) is 5.18. The van der Waals surface area contributed by atoms with Crippen LogP contribution in [0.3, 0.4) is 0 Å². The Morgan fingerprint density at radius 1 is 1.12 bits per heavy atom. The van der Waals surface area contributed by atoms with E-state index >= 15 is 0 Å². The van der Waals surface area contributed by atoms with Crippen molar-refractivity contribution in [2.75, 3.05) is 10.6 Å². The van der Waals surface area contributed by atoms with E-state index < -0.39 is 11.8 Å². The molecule has 0 aliphatic rings. The van der Waals surface area contributed by atoms with Crippen molar-refractivity contribution in [3.05, 3.63) is 78.1 Å². The molecule has 3 rings (SSSR count). The first kappa shape index (κ1) is 16.7. The number of aromatic nitrogens is 2. The van der Waals surface area contributed by atoms with Crippen molar-refractivity contribution in [2.45, 2.75) is 19.9 Å². The van der Waals surface area contributed by atoms with Crippen LogP contribution in [0.5, 0.6) is 0 Å². The summed E-state index contributed by atoms with van der Waals surface area (Å²) in [6, 6.07) is 13.2. The summed E-state index contributed by atoms with van der Waals surface area (Å²) in [6.07, 6.45) is 3.71. The second-order valence-corrected chi connectivity index (χ2v) is 5.74. The first-order valence-corrected chi connectivity index (χ1v) is 7.96. The van der Waals surface area contributed by atoms with Gasteiger partial charge in [0.15, 0.2) is 0 Å². The van der Waals surface area contributed by atoms with Crippen LogP contribution in [0.1, 0.15) is 24.4 Å². The van der Waals surface area contributed by atoms with Gasteiger partial charge in [-0.15, -0.1) is 0 Å². The van der Waals surface area contributed by atoms with Crippen molar-refractivity contribution in [3.63, 3.8) is 0 Å². The Hall–Kier alpha value is -3.15. The lowest BCUT2D eigenvalue weighted by molar-refractivity contribution is 0.262. The lowest BCUT2D eigenvalue weighted by atomic mass is 10.1. The summed E-state index contributed by atoms with van der Waals surface area (Å²) in [5.41, 5.74) is 1.87. The highest BCUT2D eigenvalue weighted by Crippen LogP contribution is 2.21. The second-order valence-electron chi connectivity index (χ2n) is 5.74. The molecule has 1 heterocycles. The molecule has 2 N–H and O–H groups in total. The van der Waals surface area contributed by atoms with Gasteiger partial charge in [0, 0.05) is 18.1 Å². The van der Waals surface area contributed by atoms with Crippen LogP contribution in [0, 0.1) is 12.7 Å². The fourth-order valence-corrected chi connectivity index (χ4v) is 2.65. The van der Waals surface area contributed by atoms with Crippen LogP contribution < -0.4 is 10.6 Å². The number of halogens is 1. The first-order valence-electron chi connectivity index (χ1n) is 7.96. The van der Waals surface area contributed by atoms with Crippen LogP contribution in [0.15, 0.2) is 60.9 Å². The van der Waals surface area contributed by atoms with Crippen LogP contribution in [0.25, 0.3) is 0 Å². The Morgan fingerprint density at radius 2 is 1.84 bits per heavy atom. The highest BCUT2D eigenvalue weighted by atomic mass is 19.1. The third-order valence-corrected chi connectivity index (χ3v) is 4.05. The molecule has 6 heteroatoms. The monoisotopic (exact) mass is 338 g/mol. The van der Waals surface area contributed by atoms with Gasteiger partial charge < -0.3 is 15.2 Å². The van der Waals surface area contributed by atoms with Gasteiger partial charge in [-0.3, -0.25) is 0 Å². The number of urea groups is 1. The summed E-state index contributed by atoms with van der Waals surface area (Å²) in [7, 11) is 0.